The molecule has 3 heterocycles. The third-order valence-electron chi connectivity index (χ3n) is 4.24. The molecule has 0 spiro atoms. The van der Waals surface area contributed by atoms with Crippen LogP contribution in [0.25, 0.3) is 0 Å². The fourth-order valence-corrected chi connectivity index (χ4v) is 3.80. The van der Waals surface area contributed by atoms with Gasteiger partial charge in [-0.15, -0.1) is 11.3 Å². The van der Waals surface area contributed by atoms with E-state index in [0.29, 0.717) is 19.0 Å². The molecule has 0 aromatic carbocycles. The van der Waals surface area contributed by atoms with Crippen molar-refractivity contribution < 1.29 is 4.79 Å². The van der Waals surface area contributed by atoms with Crippen molar-refractivity contribution >= 4 is 23.2 Å². The molecule has 6 nitrogen and oxygen atoms in total. The molecule has 1 aliphatic rings. The molecule has 1 aliphatic heterocycles. The van der Waals surface area contributed by atoms with Crippen LogP contribution < -0.4 is 10.2 Å². The Hall–Kier alpha value is -2.15. The number of rotatable bonds is 4. The molecule has 1 fully saturated rings. The van der Waals surface area contributed by atoms with Crippen molar-refractivity contribution in [2.24, 2.45) is 5.92 Å². The maximum Gasteiger partial charge on any atom is 0.318 e. The molecule has 7 heteroatoms. The minimum absolute atomic E-state index is 0.0147. The van der Waals surface area contributed by atoms with Gasteiger partial charge in [0.15, 0.2) is 0 Å². The normalized spacial score (nSPS) is 16.3. The lowest BCUT2D eigenvalue weighted by Crippen LogP contribution is -2.52. The van der Waals surface area contributed by atoms with Gasteiger partial charge >= 0.3 is 6.03 Å². The summed E-state index contributed by atoms with van der Waals surface area (Å²) in [5, 5.41) is 5.25. The molecule has 24 heavy (non-hydrogen) atoms. The van der Waals surface area contributed by atoms with Crippen LogP contribution in [0.1, 0.15) is 24.8 Å². The Kier molecular flexibility index (Phi) is 5.30. The molecule has 0 radical (unpaired) electrons. The number of anilines is 1. The van der Waals surface area contributed by atoms with E-state index in [1.165, 1.54) is 4.88 Å². The van der Waals surface area contributed by atoms with Gasteiger partial charge in [-0.2, -0.15) is 0 Å². The number of piperazine rings is 1. The van der Waals surface area contributed by atoms with E-state index in [2.05, 4.69) is 45.5 Å². The van der Waals surface area contributed by atoms with Crippen LogP contribution in [0.4, 0.5) is 10.6 Å². The van der Waals surface area contributed by atoms with Crippen LogP contribution in [-0.4, -0.2) is 47.1 Å². The Morgan fingerprint density at radius 3 is 2.62 bits per heavy atom. The van der Waals surface area contributed by atoms with Crippen LogP contribution in [0.15, 0.2) is 36.1 Å². The van der Waals surface area contributed by atoms with Crippen LogP contribution >= 0.6 is 11.3 Å². The van der Waals surface area contributed by atoms with Gasteiger partial charge in [-0.1, -0.05) is 19.9 Å². The summed E-state index contributed by atoms with van der Waals surface area (Å²) >= 11 is 1.69. The van der Waals surface area contributed by atoms with Crippen LogP contribution in [0.2, 0.25) is 0 Å². The van der Waals surface area contributed by atoms with Crippen LogP contribution in [0, 0.1) is 5.92 Å². The van der Waals surface area contributed by atoms with E-state index in [4.69, 9.17) is 0 Å². The number of carbonyl (C=O) groups is 1. The molecule has 0 bridgehead atoms. The van der Waals surface area contributed by atoms with Crippen molar-refractivity contribution in [2.45, 2.75) is 19.9 Å². The standard InChI is InChI=1S/C17H23N5OS/c1-13(2)16(14-4-3-11-24-14)20-17(23)22-9-7-21(8-10-22)15-12-18-5-6-19-15/h3-6,11-13,16H,7-10H2,1-2H3,(H,20,23)/t16-/m1/s1. The smallest absolute Gasteiger partial charge is 0.318 e. The molecule has 1 atom stereocenters. The summed E-state index contributed by atoms with van der Waals surface area (Å²) in [7, 11) is 0. The third kappa shape index (κ3) is 3.84. The number of hydrogen-bond acceptors (Lipinski definition) is 5. The lowest BCUT2D eigenvalue weighted by atomic mass is 10.0. The molecule has 3 rings (SSSR count). The summed E-state index contributed by atoms with van der Waals surface area (Å²) < 4.78 is 0. The van der Waals surface area contributed by atoms with E-state index in [0.717, 1.165) is 18.9 Å². The van der Waals surface area contributed by atoms with Gasteiger partial charge in [0.05, 0.1) is 12.2 Å². The van der Waals surface area contributed by atoms with Gasteiger partial charge in [-0.3, -0.25) is 4.98 Å². The van der Waals surface area contributed by atoms with Gasteiger partial charge in [0.25, 0.3) is 0 Å². The van der Waals surface area contributed by atoms with Crippen molar-refractivity contribution in [3.8, 4) is 0 Å². The molecule has 2 amide bonds. The highest BCUT2D eigenvalue weighted by Gasteiger charge is 2.25. The number of aromatic nitrogens is 2. The zero-order valence-electron chi connectivity index (χ0n) is 14.1. The molecule has 0 aliphatic carbocycles. The van der Waals surface area contributed by atoms with Crippen LogP contribution in [-0.2, 0) is 0 Å². The molecule has 1 N–H and O–H groups in total. The molecule has 0 saturated carbocycles. The van der Waals surface area contributed by atoms with E-state index in [1.807, 2.05) is 11.0 Å². The first-order valence-electron chi connectivity index (χ1n) is 8.25. The molecule has 0 unspecified atom stereocenters. The maximum atomic E-state index is 12.6. The summed E-state index contributed by atoms with van der Waals surface area (Å²) in [4.78, 5) is 26.3. The maximum absolute atomic E-state index is 12.6. The average Bonchev–Trinajstić information content (AvgIpc) is 3.14. The van der Waals surface area contributed by atoms with E-state index >= 15 is 0 Å². The molecule has 2 aromatic rings. The lowest BCUT2D eigenvalue weighted by molar-refractivity contribution is 0.187. The van der Waals surface area contributed by atoms with Crippen molar-refractivity contribution in [3.05, 3.63) is 41.0 Å². The summed E-state index contributed by atoms with van der Waals surface area (Å²) in [5.41, 5.74) is 0. The zero-order valence-corrected chi connectivity index (χ0v) is 14.9. The second-order valence-corrected chi connectivity index (χ2v) is 7.20. The highest BCUT2D eigenvalue weighted by Crippen LogP contribution is 2.26. The first-order chi connectivity index (χ1) is 11.6. The first kappa shape index (κ1) is 16.7. The predicted molar refractivity (Wildman–Crippen MR) is 96.2 cm³/mol. The van der Waals surface area contributed by atoms with Gasteiger partial charge in [-0.25, -0.2) is 9.78 Å². The quantitative estimate of drug-likeness (QED) is 0.926. The Morgan fingerprint density at radius 2 is 2.04 bits per heavy atom. The average molecular weight is 345 g/mol. The summed E-state index contributed by atoms with van der Waals surface area (Å²) in [6.07, 6.45) is 5.13. The number of nitrogens with one attached hydrogen (secondary N) is 1. The zero-order chi connectivity index (χ0) is 16.9. The Morgan fingerprint density at radius 1 is 1.25 bits per heavy atom. The van der Waals surface area contributed by atoms with E-state index in [9.17, 15) is 4.79 Å². The highest BCUT2D eigenvalue weighted by atomic mass is 32.1. The van der Waals surface area contributed by atoms with Crippen LogP contribution in [0.3, 0.4) is 0 Å². The Bertz CT molecular complexity index is 638. The fraction of sp³-hybridized carbons (Fsp3) is 0.471. The van der Waals surface area contributed by atoms with Gasteiger partial charge in [0.1, 0.15) is 5.82 Å². The predicted octanol–water partition coefficient (Wildman–Crippen LogP) is 2.77. The Balaban J connectivity index is 1.57. The highest BCUT2D eigenvalue weighted by molar-refractivity contribution is 7.10. The van der Waals surface area contributed by atoms with E-state index < -0.39 is 0 Å². The second-order valence-electron chi connectivity index (χ2n) is 6.22. The monoisotopic (exact) mass is 345 g/mol. The van der Waals surface area contributed by atoms with Crippen LogP contribution in [0.5, 0.6) is 0 Å². The minimum atomic E-state index is 0.0147. The van der Waals surface area contributed by atoms with Crippen molar-refractivity contribution in [3.63, 3.8) is 0 Å². The number of carbonyl (C=O) groups excluding carboxylic acids is 1. The van der Waals surface area contributed by atoms with Crippen molar-refractivity contribution in [2.75, 3.05) is 31.1 Å². The van der Waals surface area contributed by atoms with E-state index in [-0.39, 0.29) is 12.1 Å². The number of amides is 2. The van der Waals surface area contributed by atoms with Gasteiger partial charge in [0, 0.05) is 43.4 Å². The summed E-state index contributed by atoms with van der Waals surface area (Å²) in [6, 6.07) is 4.19. The number of urea groups is 1. The number of hydrogen-bond donors (Lipinski definition) is 1. The Labute approximate surface area is 146 Å². The van der Waals surface area contributed by atoms with Gasteiger partial charge in [-0.05, 0) is 17.4 Å². The van der Waals surface area contributed by atoms with Crippen molar-refractivity contribution in [1.82, 2.24) is 20.2 Å². The third-order valence-corrected chi connectivity index (χ3v) is 5.19. The SMILES string of the molecule is CC(C)[C@@H](NC(=O)N1CCN(c2cnccn2)CC1)c1cccs1. The first-order valence-corrected chi connectivity index (χ1v) is 9.13. The number of thiophene rings is 1. The molecule has 1 saturated heterocycles. The molecule has 2 aromatic heterocycles. The summed E-state index contributed by atoms with van der Waals surface area (Å²) in [5.74, 6) is 1.23. The second kappa shape index (κ2) is 7.61. The lowest BCUT2D eigenvalue weighted by Gasteiger charge is -2.36. The van der Waals surface area contributed by atoms with E-state index in [1.54, 1.807) is 29.9 Å². The van der Waals surface area contributed by atoms with Gasteiger partial charge < -0.3 is 15.1 Å². The van der Waals surface area contributed by atoms with Gasteiger partial charge in [0.2, 0.25) is 0 Å². The minimum Gasteiger partial charge on any atom is -0.352 e. The van der Waals surface area contributed by atoms with Crippen molar-refractivity contribution in [1.29, 1.82) is 0 Å². The molecular formula is C17H23N5OS. The molecule has 128 valence electrons. The largest absolute Gasteiger partial charge is 0.352 e. The number of nitrogens with zero attached hydrogens (tertiary/aromatic N) is 4. The topological polar surface area (TPSA) is 61.4 Å². The fourth-order valence-electron chi connectivity index (χ4n) is 2.85. The summed E-state index contributed by atoms with van der Waals surface area (Å²) in [6.45, 7) is 7.21. The molecular weight excluding hydrogens is 322 g/mol.